The molecule has 3 aromatic carbocycles. The van der Waals surface area contributed by atoms with E-state index in [1.165, 1.54) is 0 Å². The van der Waals surface area contributed by atoms with Gasteiger partial charge in [0, 0.05) is 16.7 Å². The van der Waals surface area contributed by atoms with Gasteiger partial charge in [-0.25, -0.2) is 8.42 Å². The van der Waals surface area contributed by atoms with Crippen LogP contribution in [-0.2, 0) is 9.84 Å². The lowest BCUT2D eigenvalue weighted by atomic mass is 10.0. The van der Waals surface area contributed by atoms with Crippen molar-refractivity contribution in [2.75, 3.05) is 5.32 Å². The van der Waals surface area contributed by atoms with Crippen LogP contribution in [0.25, 0.3) is 5.70 Å². The molecule has 1 aliphatic heterocycles. The molecule has 0 saturated heterocycles. The lowest BCUT2D eigenvalue weighted by molar-refractivity contribution is 0.103. The van der Waals surface area contributed by atoms with Gasteiger partial charge in [-0.05, 0) is 17.7 Å². The summed E-state index contributed by atoms with van der Waals surface area (Å²) in [5.41, 5.74) is 3.23. The van der Waals surface area contributed by atoms with Crippen LogP contribution in [0, 0.1) is 0 Å². The van der Waals surface area contributed by atoms with Crippen molar-refractivity contribution in [3.63, 3.8) is 0 Å². The quantitative estimate of drug-likeness (QED) is 0.693. The van der Waals surface area contributed by atoms with Gasteiger partial charge < -0.3 is 5.32 Å². The SMILES string of the molecule is O=C1C2=C(Nc3ccccc3S(=O)(=O)[C@@H]2c2ccccc2)c2ccccc21. The molecule has 0 fully saturated rings. The van der Waals surface area contributed by atoms with Crippen molar-refractivity contribution in [2.45, 2.75) is 10.1 Å². The van der Waals surface area contributed by atoms with Crippen molar-refractivity contribution in [1.29, 1.82) is 0 Å². The minimum absolute atomic E-state index is 0.207. The molecule has 27 heavy (non-hydrogen) atoms. The Balaban J connectivity index is 1.88. The normalized spacial score (nSPS) is 19.6. The molecule has 0 spiro atoms. The molecule has 0 radical (unpaired) electrons. The minimum atomic E-state index is -3.82. The summed E-state index contributed by atoms with van der Waals surface area (Å²) in [5, 5.41) is 2.19. The molecule has 0 aromatic heterocycles. The zero-order valence-electron chi connectivity index (χ0n) is 14.2. The van der Waals surface area contributed by atoms with E-state index in [4.69, 9.17) is 0 Å². The first-order chi connectivity index (χ1) is 13.1. The standard InChI is InChI=1S/C22H15NO3S/c24-21-16-11-5-4-10-15(16)20-19(21)22(14-8-2-1-3-9-14)27(25,26)18-13-7-6-12-17(18)23-20/h1-13,22-23H/t22-/m1/s1. The third-order valence-electron chi connectivity index (χ3n) is 5.08. The molecule has 0 amide bonds. The van der Waals surface area contributed by atoms with Crippen molar-refractivity contribution in [3.05, 3.63) is 101 Å². The van der Waals surface area contributed by atoms with Gasteiger partial charge >= 0.3 is 0 Å². The highest BCUT2D eigenvalue weighted by atomic mass is 32.2. The summed E-state index contributed by atoms with van der Waals surface area (Å²) in [6.07, 6.45) is 0. The van der Waals surface area contributed by atoms with Crippen LogP contribution in [-0.4, -0.2) is 14.2 Å². The number of anilines is 1. The van der Waals surface area contributed by atoms with Gasteiger partial charge in [0.1, 0.15) is 5.25 Å². The predicted octanol–water partition coefficient (Wildman–Crippen LogP) is 4.23. The van der Waals surface area contributed by atoms with Crippen LogP contribution >= 0.6 is 0 Å². The summed E-state index contributed by atoms with van der Waals surface area (Å²) in [6, 6.07) is 23.0. The number of ketones is 1. The maximum atomic E-state index is 13.6. The van der Waals surface area contributed by atoms with E-state index in [2.05, 4.69) is 5.32 Å². The van der Waals surface area contributed by atoms with Crippen LogP contribution in [0.3, 0.4) is 0 Å². The Bertz CT molecular complexity index is 1230. The average molecular weight is 373 g/mol. The van der Waals surface area contributed by atoms with E-state index in [1.807, 2.05) is 18.2 Å². The van der Waals surface area contributed by atoms with Gasteiger partial charge in [-0.3, -0.25) is 4.79 Å². The van der Waals surface area contributed by atoms with E-state index in [1.54, 1.807) is 60.7 Å². The van der Waals surface area contributed by atoms with E-state index >= 15 is 0 Å². The predicted molar refractivity (Wildman–Crippen MR) is 104 cm³/mol. The van der Waals surface area contributed by atoms with Gasteiger partial charge in [0.25, 0.3) is 0 Å². The van der Waals surface area contributed by atoms with Crippen molar-refractivity contribution in [2.24, 2.45) is 0 Å². The molecular weight excluding hydrogens is 358 g/mol. The highest BCUT2D eigenvalue weighted by Crippen LogP contribution is 2.48. The van der Waals surface area contributed by atoms with Gasteiger partial charge in [-0.2, -0.15) is 0 Å². The Morgan fingerprint density at radius 3 is 2.15 bits per heavy atom. The zero-order chi connectivity index (χ0) is 18.6. The van der Waals surface area contributed by atoms with E-state index < -0.39 is 15.1 Å². The largest absolute Gasteiger partial charge is 0.354 e. The maximum Gasteiger partial charge on any atom is 0.193 e. The molecule has 2 aliphatic rings. The number of sulfone groups is 1. The van der Waals surface area contributed by atoms with E-state index in [-0.39, 0.29) is 10.7 Å². The van der Waals surface area contributed by atoms with Crippen molar-refractivity contribution in [1.82, 2.24) is 0 Å². The second-order valence-corrected chi connectivity index (χ2v) is 8.62. The van der Waals surface area contributed by atoms with Gasteiger partial charge in [-0.15, -0.1) is 0 Å². The van der Waals surface area contributed by atoms with E-state index in [0.717, 1.165) is 5.56 Å². The number of hydrogen-bond donors (Lipinski definition) is 1. The van der Waals surface area contributed by atoms with Gasteiger partial charge in [-0.1, -0.05) is 66.7 Å². The first-order valence-electron chi connectivity index (χ1n) is 8.62. The second-order valence-electron chi connectivity index (χ2n) is 6.62. The molecule has 4 nitrogen and oxygen atoms in total. The van der Waals surface area contributed by atoms with Crippen molar-refractivity contribution >= 4 is 27.0 Å². The Morgan fingerprint density at radius 1 is 0.741 bits per heavy atom. The van der Waals surface area contributed by atoms with E-state index in [0.29, 0.717) is 28.1 Å². The van der Waals surface area contributed by atoms with Gasteiger partial charge in [0.05, 0.1) is 16.3 Å². The van der Waals surface area contributed by atoms with Crippen molar-refractivity contribution < 1.29 is 13.2 Å². The smallest absolute Gasteiger partial charge is 0.193 e. The van der Waals surface area contributed by atoms with Gasteiger partial charge in [0.15, 0.2) is 15.6 Å². The number of para-hydroxylation sites is 1. The van der Waals surface area contributed by atoms with Crippen LogP contribution in [0.15, 0.2) is 89.3 Å². The minimum Gasteiger partial charge on any atom is -0.354 e. The molecule has 0 bridgehead atoms. The summed E-state index contributed by atoms with van der Waals surface area (Å²) in [6.45, 7) is 0. The fourth-order valence-electron chi connectivity index (χ4n) is 3.90. The number of carbonyl (C=O) groups is 1. The summed E-state index contributed by atoms with van der Waals surface area (Å²) < 4.78 is 27.3. The number of fused-ring (bicyclic) bond motifs is 3. The molecule has 132 valence electrons. The first-order valence-corrected chi connectivity index (χ1v) is 10.2. The number of rotatable bonds is 1. The number of benzene rings is 3. The average Bonchev–Trinajstić information content (AvgIpc) is 2.89. The molecule has 5 rings (SSSR count). The number of nitrogens with one attached hydrogen (secondary N) is 1. The third kappa shape index (κ3) is 2.22. The number of carbonyl (C=O) groups excluding carboxylic acids is 1. The second kappa shape index (κ2) is 5.66. The summed E-state index contributed by atoms with van der Waals surface area (Å²) >= 11 is 0. The lowest BCUT2D eigenvalue weighted by Gasteiger charge is -2.18. The summed E-state index contributed by atoms with van der Waals surface area (Å²) in [4.78, 5) is 13.5. The Hall–Kier alpha value is -3.18. The van der Waals surface area contributed by atoms with Crippen molar-refractivity contribution in [3.8, 4) is 0 Å². The number of Topliss-reactive ketones (excluding diaryl/α,β-unsaturated/α-hetero) is 1. The van der Waals surface area contributed by atoms with E-state index in [9.17, 15) is 13.2 Å². The zero-order valence-corrected chi connectivity index (χ0v) is 15.0. The molecule has 5 heteroatoms. The highest BCUT2D eigenvalue weighted by molar-refractivity contribution is 7.92. The third-order valence-corrected chi connectivity index (χ3v) is 7.18. The van der Waals surface area contributed by atoms with Crippen LogP contribution in [0.2, 0.25) is 0 Å². The fraction of sp³-hybridized carbons (Fsp3) is 0.0455. The Morgan fingerprint density at radius 2 is 1.37 bits per heavy atom. The lowest BCUT2D eigenvalue weighted by Crippen LogP contribution is -2.19. The molecule has 1 aliphatic carbocycles. The first kappa shape index (κ1) is 16.0. The molecule has 0 saturated carbocycles. The fourth-order valence-corrected chi connectivity index (χ4v) is 5.89. The van der Waals surface area contributed by atoms with Crippen LogP contribution in [0.5, 0.6) is 0 Å². The van der Waals surface area contributed by atoms with Crippen LogP contribution in [0.1, 0.15) is 26.7 Å². The Kier molecular flexibility index (Phi) is 3.36. The molecular formula is C22H15NO3S. The molecule has 3 aromatic rings. The monoisotopic (exact) mass is 373 g/mol. The molecule has 1 heterocycles. The maximum absolute atomic E-state index is 13.6. The molecule has 1 N–H and O–H groups in total. The molecule has 1 atom stereocenters. The van der Waals surface area contributed by atoms with Crippen LogP contribution in [0.4, 0.5) is 5.69 Å². The summed E-state index contributed by atoms with van der Waals surface area (Å²) in [7, 11) is -3.82. The number of hydrogen-bond acceptors (Lipinski definition) is 4. The topological polar surface area (TPSA) is 63.2 Å². The summed E-state index contributed by atoms with van der Waals surface area (Å²) in [5.74, 6) is -0.238. The Labute approximate surface area is 157 Å². The van der Waals surface area contributed by atoms with Crippen LogP contribution < -0.4 is 5.32 Å². The highest BCUT2D eigenvalue weighted by Gasteiger charge is 2.45. The molecule has 0 unspecified atom stereocenters. The van der Waals surface area contributed by atoms with Gasteiger partial charge in [0.2, 0.25) is 0 Å².